The van der Waals surface area contributed by atoms with Gasteiger partial charge in [0.05, 0.1) is 6.61 Å². The van der Waals surface area contributed by atoms with Crippen LogP contribution in [0.3, 0.4) is 0 Å². The molecule has 1 aliphatic rings. The van der Waals surface area contributed by atoms with E-state index in [9.17, 15) is 0 Å². The second-order valence-electron chi connectivity index (χ2n) is 6.15. The molecule has 0 saturated heterocycles. The lowest BCUT2D eigenvalue weighted by Gasteiger charge is -2.37. The van der Waals surface area contributed by atoms with E-state index in [2.05, 4.69) is 22.9 Å². The molecule has 0 bridgehead atoms. The maximum absolute atomic E-state index is 6.52. The van der Waals surface area contributed by atoms with E-state index in [0.717, 1.165) is 35.4 Å². The maximum Gasteiger partial charge on any atom is 0.120 e. The quantitative estimate of drug-likeness (QED) is 0.799. The van der Waals surface area contributed by atoms with Crippen molar-refractivity contribution in [3.8, 4) is 5.75 Å². The van der Waals surface area contributed by atoms with E-state index in [1.54, 1.807) is 0 Å². The molecule has 2 nitrogen and oxygen atoms in total. The molecule has 0 aromatic heterocycles. The van der Waals surface area contributed by atoms with Gasteiger partial charge in [-0.3, -0.25) is 0 Å². The van der Waals surface area contributed by atoms with Crippen molar-refractivity contribution >= 4 is 15.9 Å². The summed E-state index contributed by atoms with van der Waals surface area (Å²) >= 11 is 3.46. The van der Waals surface area contributed by atoms with Gasteiger partial charge in [0.15, 0.2) is 0 Å². The molecular weight excluding hydrogens is 314 g/mol. The minimum Gasteiger partial charge on any atom is -0.493 e. The van der Waals surface area contributed by atoms with Gasteiger partial charge in [-0.25, -0.2) is 0 Å². The summed E-state index contributed by atoms with van der Waals surface area (Å²) < 4.78 is 6.87. The topological polar surface area (TPSA) is 35.2 Å². The van der Waals surface area contributed by atoms with Crippen molar-refractivity contribution in [3.63, 3.8) is 0 Å². The number of rotatable bonds is 6. The summed E-state index contributed by atoms with van der Waals surface area (Å²) in [4.78, 5) is 0. The number of halogens is 1. The Kier molecular flexibility index (Phi) is 5.91. The minimum atomic E-state index is -0.00372. The van der Waals surface area contributed by atoms with Crippen LogP contribution in [-0.4, -0.2) is 12.1 Å². The van der Waals surface area contributed by atoms with Gasteiger partial charge >= 0.3 is 0 Å². The van der Waals surface area contributed by atoms with E-state index in [1.165, 1.54) is 25.7 Å². The Bertz CT molecular complexity index is 413. The molecule has 20 heavy (non-hydrogen) atoms. The Morgan fingerprint density at radius 3 is 2.75 bits per heavy atom. The number of hydrogen-bond donors (Lipinski definition) is 1. The molecule has 0 spiro atoms. The third-order valence-corrected chi connectivity index (χ3v) is 4.96. The molecule has 2 N–H and O–H groups in total. The Balaban J connectivity index is 1.74. The van der Waals surface area contributed by atoms with Gasteiger partial charge in [-0.2, -0.15) is 0 Å². The van der Waals surface area contributed by atoms with Gasteiger partial charge in [0.25, 0.3) is 0 Å². The summed E-state index contributed by atoms with van der Waals surface area (Å²) in [5.74, 6) is 1.82. The highest BCUT2D eigenvalue weighted by Crippen LogP contribution is 2.34. The van der Waals surface area contributed by atoms with E-state index in [4.69, 9.17) is 10.5 Å². The van der Waals surface area contributed by atoms with E-state index < -0.39 is 0 Å². The largest absolute Gasteiger partial charge is 0.493 e. The number of nitrogens with two attached hydrogens (primary N) is 1. The summed E-state index contributed by atoms with van der Waals surface area (Å²) in [6.45, 7) is 2.99. The van der Waals surface area contributed by atoms with Crippen molar-refractivity contribution in [2.75, 3.05) is 6.61 Å². The molecule has 1 aromatic rings. The molecule has 112 valence electrons. The van der Waals surface area contributed by atoms with Gasteiger partial charge in [-0.15, -0.1) is 0 Å². The molecule has 3 heteroatoms. The summed E-state index contributed by atoms with van der Waals surface area (Å²) in [7, 11) is 0. The maximum atomic E-state index is 6.52. The highest BCUT2D eigenvalue weighted by atomic mass is 79.9. The first-order chi connectivity index (χ1) is 9.61. The van der Waals surface area contributed by atoms with E-state index in [0.29, 0.717) is 6.61 Å². The van der Waals surface area contributed by atoms with E-state index >= 15 is 0 Å². The molecule has 0 amide bonds. The first-order valence-electron chi connectivity index (χ1n) is 7.78. The molecule has 0 heterocycles. The van der Waals surface area contributed by atoms with Gasteiger partial charge in [0.2, 0.25) is 0 Å². The van der Waals surface area contributed by atoms with Gasteiger partial charge < -0.3 is 10.5 Å². The first-order valence-corrected chi connectivity index (χ1v) is 8.58. The third kappa shape index (κ3) is 4.78. The average Bonchev–Trinajstić information content (AvgIpc) is 2.42. The SMILES string of the molecule is CCCC1CCC(N)(CCOc2cccc(Br)c2)CC1. The fourth-order valence-corrected chi connectivity index (χ4v) is 3.51. The zero-order chi connectivity index (χ0) is 14.4. The van der Waals surface area contributed by atoms with Crippen molar-refractivity contribution in [2.24, 2.45) is 11.7 Å². The second-order valence-corrected chi connectivity index (χ2v) is 7.07. The van der Waals surface area contributed by atoms with Crippen molar-refractivity contribution in [2.45, 2.75) is 57.4 Å². The highest BCUT2D eigenvalue weighted by molar-refractivity contribution is 9.10. The van der Waals surface area contributed by atoms with Crippen LogP contribution in [-0.2, 0) is 0 Å². The summed E-state index contributed by atoms with van der Waals surface area (Å²) in [5.41, 5.74) is 6.52. The van der Waals surface area contributed by atoms with Crippen LogP contribution in [0.2, 0.25) is 0 Å². The van der Waals surface area contributed by atoms with E-state index in [1.807, 2.05) is 24.3 Å². The van der Waals surface area contributed by atoms with Gasteiger partial charge in [0, 0.05) is 10.0 Å². The zero-order valence-corrected chi connectivity index (χ0v) is 14.0. The molecule has 0 radical (unpaired) electrons. The molecule has 0 aliphatic heterocycles. The molecule has 2 rings (SSSR count). The molecule has 0 unspecified atom stereocenters. The Hall–Kier alpha value is -0.540. The summed E-state index contributed by atoms with van der Waals surface area (Å²) in [5, 5.41) is 0. The molecule has 1 fully saturated rings. The number of hydrogen-bond acceptors (Lipinski definition) is 2. The lowest BCUT2D eigenvalue weighted by atomic mass is 9.74. The van der Waals surface area contributed by atoms with Gasteiger partial charge in [-0.05, 0) is 56.2 Å². The average molecular weight is 340 g/mol. The molecule has 1 aromatic carbocycles. The van der Waals surface area contributed by atoms with E-state index in [-0.39, 0.29) is 5.54 Å². The molecule has 1 aliphatic carbocycles. The van der Waals surface area contributed by atoms with Crippen LogP contribution in [0.25, 0.3) is 0 Å². The monoisotopic (exact) mass is 339 g/mol. The lowest BCUT2D eigenvalue weighted by molar-refractivity contribution is 0.180. The third-order valence-electron chi connectivity index (χ3n) is 4.46. The zero-order valence-electron chi connectivity index (χ0n) is 12.4. The van der Waals surface area contributed by atoms with Crippen LogP contribution < -0.4 is 10.5 Å². The standard InChI is InChI=1S/C17H26BrNO/c1-2-4-14-7-9-17(19,10-8-14)11-12-20-16-6-3-5-15(18)13-16/h3,5-6,13-14H,2,4,7-12,19H2,1H3. The van der Waals surface area contributed by atoms with Crippen LogP contribution >= 0.6 is 15.9 Å². The smallest absolute Gasteiger partial charge is 0.120 e. The fraction of sp³-hybridized carbons (Fsp3) is 0.647. The van der Waals surface area contributed by atoms with Crippen molar-refractivity contribution < 1.29 is 4.74 Å². The molecule has 1 saturated carbocycles. The number of benzene rings is 1. The van der Waals surface area contributed by atoms with Crippen LogP contribution in [0.1, 0.15) is 51.9 Å². The van der Waals surface area contributed by atoms with Crippen LogP contribution in [0.5, 0.6) is 5.75 Å². The predicted octanol–water partition coefficient (Wildman–Crippen LogP) is 4.91. The fourth-order valence-electron chi connectivity index (χ4n) is 3.13. The predicted molar refractivity (Wildman–Crippen MR) is 88.0 cm³/mol. The normalized spacial score (nSPS) is 26.4. The second kappa shape index (κ2) is 7.46. The Morgan fingerprint density at radius 1 is 1.35 bits per heavy atom. The number of ether oxygens (including phenoxy) is 1. The van der Waals surface area contributed by atoms with Crippen LogP contribution in [0.4, 0.5) is 0 Å². The molecule has 0 atom stereocenters. The Labute approximate surface area is 131 Å². The lowest BCUT2D eigenvalue weighted by Crippen LogP contribution is -2.44. The van der Waals surface area contributed by atoms with Crippen molar-refractivity contribution in [1.82, 2.24) is 0 Å². The summed E-state index contributed by atoms with van der Waals surface area (Å²) in [6, 6.07) is 7.99. The van der Waals surface area contributed by atoms with Gasteiger partial charge in [-0.1, -0.05) is 41.8 Å². The molecular formula is C17H26BrNO. The highest BCUT2D eigenvalue weighted by Gasteiger charge is 2.31. The minimum absolute atomic E-state index is 0.00372. The summed E-state index contributed by atoms with van der Waals surface area (Å²) in [6.07, 6.45) is 8.51. The van der Waals surface area contributed by atoms with Crippen LogP contribution in [0.15, 0.2) is 28.7 Å². The van der Waals surface area contributed by atoms with Crippen molar-refractivity contribution in [3.05, 3.63) is 28.7 Å². The first kappa shape index (κ1) is 15.8. The Morgan fingerprint density at radius 2 is 2.10 bits per heavy atom. The van der Waals surface area contributed by atoms with Gasteiger partial charge in [0.1, 0.15) is 5.75 Å². The van der Waals surface area contributed by atoms with Crippen LogP contribution in [0, 0.1) is 5.92 Å². The van der Waals surface area contributed by atoms with Crippen molar-refractivity contribution in [1.29, 1.82) is 0 Å².